The van der Waals surface area contributed by atoms with E-state index in [2.05, 4.69) is 17.4 Å². The molecule has 0 atom stereocenters. The molecule has 1 aliphatic rings. The minimum atomic E-state index is -0.0895. The average molecular weight is 309 g/mol. The molecule has 0 radical (unpaired) electrons. The van der Waals surface area contributed by atoms with Crippen LogP contribution in [0.4, 0.5) is 0 Å². The molecule has 1 fully saturated rings. The molecule has 2 aromatic rings. The molecule has 0 bridgehead atoms. The summed E-state index contributed by atoms with van der Waals surface area (Å²) in [6, 6.07) is 15.6. The van der Waals surface area contributed by atoms with E-state index in [0.717, 1.165) is 11.5 Å². The number of hydrogen-bond donors (Lipinski definition) is 1. The summed E-state index contributed by atoms with van der Waals surface area (Å²) in [6.45, 7) is 0. The van der Waals surface area contributed by atoms with Gasteiger partial charge in [0.15, 0.2) is 0 Å². The van der Waals surface area contributed by atoms with Gasteiger partial charge in [0, 0.05) is 12.6 Å². The topological polar surface area (TPSA) is 38.3 Å². The summed E-state index contributed by atoms with van der Waals surface area (Å²) in [5.41, 5.74) is 2.06. The van der Waals surface area contributed by atoms with Crippen molar-refractivity contribution in [2.24, 2.45) is 0 Å². The van der Waals surface area contributed by atoms with Crippen LogP contribution in [0.2, 0.25) is 0 Å². The van der Waals surface area contributed by atoms with Crippen LogP contribution >= 0.6 is 0 Å². The molecule has 23 heavy (non-hydrogen) atoms. The first kappa shape index (κ1) is 15.6. The number of amides is 1. The van der Waals surface area contributed by atoms with E-state index in [1.54, 1.807) is 19.2 Å². The van der Waals surface area contributed by atoms with Crippen molar-refractivity contribution in [1.82, 2.24) is 5.32 Å². The predicted octanol–water partition coefficient (Wildman–Crippen LogP) is 4.89. The molecule has 0 saturated heterocycles. The third-order valence-electron chi connectivity index (χ3n) is 4.54. The maximum absolute atomic E-state index is 11.5. The molecule has 0 aliphatic heterocycles. The highest BCUT2D eigenvalue weighted by Gasteiger charge is 2.15. The summed E-state index contributed by atoms with van der Waals surface area (Å²) in [5, 5.41) is 2.61. The summed E-state index contributed by atoms with van der Waals surface area (Å²) in [5.74, 6) is 2.19. The normalized spacial score (nSPS) is 15.2. The molecular weight excluding hydrogens is 286 g/mol. The molecule has 0 heterocycles. The zero-order chi connectivity index (χ0) is 16.1. The maximum Gasteiger partial charge on any atom is 0.251 e. The van der Waals surface area contributed by atoms with Gasteiger partial charge in [0.1, 0.15) is 11.5 Å². The fourth-order valence-electron chi connectivity index (χ4n) is 3.20. The summed E-state index contributed by atoms with van der Waals surface area (Å²) >= 11 is 0. The van der Waals surface area contributed by atoms with E-state index in [1.807, 2.05) is 24.3 Å². The van der Waals surface area contributed by atoms with Crippen LogP contribution in [-0.4, -0.2) is 13.0 Å². The molecule has 2 aromatic carbocycles. The average Bonchev–Trinajstić information content (AvgIpc) is 2.63. The van der Waals surface area contributed by atoms with Gasteiger partial charge in [-0.25, -0.2) is 0 Å². The largest absolute Gasteiger partial charge is 0.457 e. The van der Waals surface area contributed by atoms with Gasteiger partial charge < -0.3 is 10.1 Å². The summed E-state index contributed by atoms with van der Waals surface area (Å²) < 4.78 is 5.86. The van der Waals surface area contributed by atoms with Crippen LogP contribution in [-0.2, 0) is 0 Å². The van der Waals surface area contributed by atoms with Gasteiger partial charge in [0.25, 0.3) is 5.91 Å². The first-order valence-corrected chi connectivity index (χ1v) is 8.36. The molecule has 1 saturated carbocycles. The van der Waals surface area contributed by atoms with Crippen molar-refractivity contribution >= 4 is 5.91 Å². The van der Waals surface area contributed by atoms with E-state index < -0.39 is 0 Å². The quantitative estimate of drug-likeness (QED) is 0.873. The second-order valence-electron chi connectivity index (χ2n) is 6.11. The van der Waals surface area contributed by atoms with Crippen molar-refractivity contribution in [2.75, 3.05) is 7.05 Å². The van der Waals surface area contributed by atoms with Gasteiger partial charge in [-0.3, -0.25) is 4.79 Å². The summed E-state index contributed by atoms with van der Waals surface area (Å²) in [7, 11) is 1.63. The van der Waals surface area contributed by atoms with Gasteiger partial charge in [0.05, 0.1) is 0 Å². The van der Waals surface area contributed by atoms with E-state index in [1.165, 1.54) is 37.7 Å². The number of nitrogens with one attached hydrogen (secondary N) is 1. The van der Waals surface area contributed by atoms with Crippen molar-refractivity contribution in [2.45, 2.75) is 38.0 Å². The lowest BCUT2D eigenvalue weighted by Gasteiger charge is -2.22. The molecule has 0 spiro atoms. The van der Waals surface area contributed by atoms with Gasteiger partial charge in [0.2, 0.25) is 0 Å². The van der Waals surface area contributed by atoms with Crippen LogP contribution in [0, 0.1) is 0 Å². The van der Waals surface area contributed by atoms with Gasteiger partial charge in [-0.2, -0.15) is 0 Å². The SMILES string of the molecule is CNC(=O)c1ccc(Oc2ccc(C3CCCCC3)cc2)cc1. The third kappa shape index (κ3) is 3.92. The number of benzene rings is 2. The lowest BCUT2D eigenvalue weighted by atomic mass is 9.84. The minimum Gasteiger partial charge on any atom is -0.457 e. The molecule has 1 aliphatic carbocycles. The van der Waals surface area contributed by atoms with Crippen LogP contribution < -0.4 is 10.1 Å². The Kier molecular flexibility index (Phi) is 4.96. The lowest BCUT2D eigenvalue weighted by molar-refractivity contribution is 0.0963. The van der Waals surface area contributed by atoms with Crippen molar-refractivity contribution in [1.29, 1.82) is 0 Å². The first-order valence-electron chi connectivity index (χ1n) is 8.36. The monoisotopic (exact) mass is 309 g/mol. The van der Waals surface area contributed by atoms with Crippen LogP contribution in [0.3, 0.4) is 0 Å². The van der Waals surface area contributed by atoms with Crippen LogP contribution in [0.5, 0.6) is 11.5 Å². The Morgan fingerprint density at radius 3 is 2.04 bits per heavy atom. The molecule has 0 unspecified atom stereocenters. The lowest BCUT2D eigenvalue weighted by Crippen LogP contribution is -2.17. The second kappa shape index (κ2) is 7.32. The minimum absolute atomic E-state index is 0.0895. The highest BCUT2D eigenvalue weighted by molar-refractivity contribution is 5.94. The van der Waals surface area contributed by atoms with Crippen molar-refractivity contribution in [3.8, 4) is 11.5 Å². The molecule has 3 rings (SSSR count). The predicted molar refractivity (Wildman–Crippen MR) is 92.2 cm³/mol. The molecule has 3 nitrogen and oxygen atoms in total. The number of carbonyl (C=O) groups excluding carboxylic acids is 1. The fourth-order valence-corrected chi connectivity index (χ4v) is 3.20. The van der Waals surface area contributed by atoms with Crippen LogP contribution in [0.15, 0.2) is 48.5 Å². The Labute approximate surface area is 137 Å². The Bertz CT molecular complexity index is 640. The van der Waals surface area contributed by atoms with Gasteiger partial charge in [-0.15, -0.1) is 0 Å². The van der Waals surface area contributed by atoms with Crippen LogP contribution in [0.1, 0.15) is 53.9 Å². The molecule has 3 heteroatoms. The summed E-state index contributed by atoms with van der Waals surface area (Å²) in [6.07, 6.45) is 6.69. The van der Waals surface area contributed by atoms with E-state index in [-0.39, 0.29) is 5.91 Å². The number of carbonyl (C=O) groups is 1. The Hall–Kier alpha value is -2.29. The van der Waals surface area contributed by atoms with Crippen molar-refractivity contribution < 1.29 is 9.53 Å². The molecule has 1 N–H and O–H groups in total. The van der Waals surface area contributed by atoms with Crippen LogP contribution in [0.25, 0.3) is 0 Å². The third-order valence-corrected chi connectivity index (χ3v) is 4.54. The first-order chi connectivity index (χ1) is 11.3. The van der Waals surface area contributed by atoms with E-state index in [0.29, 0.717) is 11.5 Å². The van der Waals surface area contributed by atoms with Crippen molar-refractivity contribution in [3.05, 3.63) is 59.7 Å². The zero-order valence-corrected chi connectivity index (χ0v) is 13.5. The Morgan fingerprint density at radius 1 is 0.913 bits per heavy atom. The fraction of sp³-hybridized carbons (Fsp3) is 0.350. The van der Waals surface area contributed by atoms with Gasteiger partial charge in [-0.1, -0.05) is 31.4 Å². The second-order valence-corrected chi connectivity index (χ2v) is 6.11. The molecule has 0 aromatic heterocycles. The van der Waals surface area contributed by atoms with Gasteiger partial charge in [-0.05, 0) is 60.7 Å². The smallest absolute Gasteiger partial charge is 0.251 e. The zero-order valence-electron chi connectivity index (χ0n) is 13.5. The van der Waals surface area contributed by atoms with E-state index in [9.17, 15) is 4.79 Å². The maximum atomic E-state index is 11.5. The van der Waals surface area contributed by atoms with E-state index >= 15 is 0 Å². The van der Waals surface area contributed by atoms with Gasteiger partial charge >= 0.3 is 0 Å². The highest BCUT2D eigenvalue weighted by Crippen LogP contribution is 2.33. The standard InChI is InChI=1S/C20H23NO2/c1-21-20(22)17-9-13-19(14-10-17)23-18-11-7-16(8-12-18)15-5-3-2-4-6-15/h7-15H,2-6H2,1H3,(H,21,22). The Balaban J connectivity index is 1.64. The van der Waals surface area contributed by atoms with E-state index in [4.69, 9.17) is 4.74 Å². The number of hydrogen-bond acceptors (Lipinski definition) is 2. The summed E-state index contributed by atoms with van der Waals surface area (Å²) in [4.78, 5) is 11.5. The number of ether oxygens (including phenoxy) is 1. The highest BCUT2D eigenvalue weighted by atomic mass is 16.5. The molecular formula is C20H23NO2. The number of rotatable bonds is 4. The molecule has 120 valence electrons. The van der Waals surface area contributed by atoms with Crippen molar-refractivity contribution in [3.63, 3.8) is 0 Å². The molecule has 1 amide bonds. The Morgan fingerprint density at radius 2 is 1.48 bits per heavy atom.